The zero-order valence-corrected chi connectivity index (χ0v) is 15.1. The zero-order chi connectivity index (χ0) is 18.8. The molecule has 136 valence electrons. The average Bonchev–Trinajstić information content (AvgIpc) is 2.69. The van der Waals surface area contributed by atoms with Gasteiger partial charge in [-0.2, -0.15) is 0 Å². The number of nitrogens with zero attached hydrogens (tertiary/aromatic N) is 1. The summed E-state index contributed by atoms with van der Waals surface area (Å²) < 4.78 is 13.2. The van der Waals surface area contributed by atoms with Gasteiger partial charge in [-0.3, -0.25) is 4.79 Å². The fourth-order valence-corrected chi connectivity index (χ4v) is 3.73. The van der Waals surface area contributed by atoms with Gasteiger partial charge in [-0.15, -0.1) is 0 Å². The highest BCUT2D eigenvalue weighted by Gasteiger charge is 2.34. The fraction of sp³-hybridized carbons (Fsp3) is 0.174. The van der Waals surface area contributed by atoms with Gasteiger partial charge < -0.3 is 10.2 Å². The second kappa shape index (κ2) is 7.23. The van der Waals surface area contributed by atoms with Crippen molar-refractivity contribution in [1.82, 2.24) is 0 Å². The molecule has 3 aromatic carbocycles. The molecule has 1 N–H and O–H groups in total. The normalized spacial score (nSPS) is 18.7. The van der Waals surface area contributed by atoms with Crippen molar-refractivity contribution in [2.24, 2.45) is 0 Å². The number of anilines is 2. The predicted octanol–water partition coefficient (Wildman–Crippen LogP) is 5.42. The molecule has 1 aliphatic rings. The number of fused-ring (bicyclic) bond motifs is 1. The van der Waals surface area contributed by atoms with E-state index in [-0.39, 0.29) is 23.8 Å². The summed E-state index contributed by atoms with van der Waals surface area (Å²) in [5.74, 6) is -0.445. The Balaban J connectivity index is 1.68. The molecule has 27 heavy (non-hydrogen) atoms. The van der Waals surface area contributed by atoms with Crippen LogP contribution in [0.5, 0.6) is 0 Å². The minimum atomic E-state index is -0.342. The van der Waals surface area contributed by atoms with Gasteiger partial charge in [0, 0.05) is 23.0 Å². The Bertz CT molecular complexity index is 940. The molecule has 0 spiro atoms. The van der Waals surface area contributed by atoms with Crippen LogP contribution in [-0.2, 0) is 0 Å². The number of carbonyl (C=O) groups excluding carboxylic acids is 1. The Labute approximate surface area is 158 Å². The van der Waals surface area contributed by atoms with Gasteiger partial charge in [0.25, 0.3) is 5.91 Å². The summed E-state index contributed by atoms with van der Waals surface area (Å²) in [5.41, 5.74) is 3.55. The molecule has 1 amide bonds. The van der Waals surface area contributed by atoms with Crippen LogP contribution in [0, 0.1) is 5.82 Å². The molecule has 3 nitrogen and oxygen atoms in total. The van der Waals surface area contributed by atoms with E-state index in [9.17, 15) is 9.18 Å². The number of halogens is 1. The quantitative estimate of drug-likeness (QED) is 0.676. The van der Waals surface area contributed by atoms with E-state index in [1.54, 1.807) is 12.1 Å². The van der Waals surface area contributed by atoms with E-state index in [1.807, 2.05) is 53.4 Å². The van der Waals surface area contributed by atoms with Gasteiger partial charge >= 0.3 is 0 Å². The number of amides is 1. The Hall–Kier alpha value is -3.14. The summed E-state index contributed by atoms with van der Waals surface area (Å²) in [6.07, 6.45) is 0.791. The standard InChI is InChI=1S/C23H21FN2O/c1-16-15-21(25-19-7-3-2-4-8-19)20-9-5-6-10-22(20)26(16)23(27)17-11-13-18(24)14-12-17/h2-14,16,21,25H,15H2,1H3/t16-,21-/m0/s1. The second-order valence-corrected chi connectivity index (χ2v) is 6.89. The van der Waals surface area contributed by atoms with E-state index in [1.165, 1.54) is 12.1 Å². The van der Waals surface area contributed by atoms with Crippen molar-refractivity contribution >= 4 is 17.3 Å². The number of hydrogen-bond donors (Lipinski definition) is 1. The van der Waals surface area contributed by atoms with Crippen molar-refractivity contribution < 1.29 is 9.18 Å². The van der Waals surface area contributed by atoms with Crippen LogP contribution in [0.4, 0.5) is 15.8 Å². The summed E-state index contributed by atoms with van der Waals surface area (Å²) in [6, 6.07) is 23.9. The van der Waals surface area contributed by atoms with Crippen LogP contribution in [0.3, 0.4) is 0 Å². The SMILES string of the molecule is C[C@H]1C[C@H](Nc2ccccc2)c2ccccc2N1C(=O)c1ccc(F)cc1. The lowest BCUT2D eigenvalue weighted by Crippen LogP contribution is -2.44. The van der Waals surface area contributed by atoms with Crippen LogP contribution in [0.2, 0.25) is 0 Å². The van der Waals surface area contributed by atoms with Crippen molar-refractivity contribution in [2.75, 3.05) is 10.2 Å². The predicted molar refractivity (Wildman–Crippen MR) is 107 cm³/mol. The van der Waals surface area contributed by atoms with Crippen LogP contribution in [-0.4, -0.2) is 11.9 Å². The third-order valence-electron chi connectivity index (χ3n) is 5.01. The molecule has 0 aliphatic carbocycles. The van der Waals surface area contributed by atoms with Gasteiger partial charge in [0.2, 0.25) is 0 Å². The molecule has 3 aromatic rings. The van der Waals surface area contributed by atoms with Crippen molar-refractivity contribution in [1.29, 1.82) is 0 Å². The van der Waals surface area contributed by atoms with Crippen LogP contribution < -0.4 is 10.2 Å². The van der Waals surface area contributed by atoms with E-state index in [0.29, 0.717) is 5.56 Å². The molecule has 1 heterocycles. The Morgan fingerprint density at radius 3 is 2.37 bits per heavy atom. The van der Waals surface area contributed by atoms with E-state index < -0.39 is 0 Å². The van der Waals surface area contributed by atoms with Gasteiger partial charge in [0.05, 0.1) is 6.04 Å². The number of rotatable bonds is 3. The van der Waals surface area contributed by atoms with E-state index >= 15 is 0 Å². The molecule has 4 heteroatoms. The molecular formula is C23H21FN2O. The maximum atomic E-state index is 13.2. The smallest absolute Gasteiger partial charge is 0.258 e. The number of carbonyl (C=O) groups is 1. The van der Waals surface area contributed by atoms with E-state index in [4.69, 9.17) is 0 Å². The summed E-state index contributed by atoms with van der Waals surface area (Å²) in [4.78, 5) is 15.0. The first-order valence-corrected chi connectivity index (χ1v) is 9.13. The number of hydrogen-bond acceptors (Lipinski definition) is 2. The lowest BCUT2D eigenvalue weighted by molar-refractivity contribution is 0.0974. The first-order valence-electron chi connectivity index (χ1n) is 9.13. The van der Waals surface area contributed by atoms with Crippen molar-refractivity contribution in [3.05, 3.63) is 95.8 Å². The van der Waals surface area contributed by atoms with Gasteiger partial charge in [0.15, 0.2) is 0 Å². The summed E-state index contributed by atoms with van der Waals surface area (Å²) in [5, 5.41) is 3.59. The maximum absolute atomic E-state index is 13.2. The molecule has 0 bridgehead atoms. The summed E-state index contributed by atoms with van der Waals surface area (Å²) in [6.45, 7) is 2.05. The highest BCUT2D eigenvalue weighted by Crippen LogP contribution is 2.39. The van der Waals surface area contributed by atoms with Crippen LogP contribution in [0.15, 0.2) is 78.9 Å². The van der Waals surface area contributed by atoms with Gasteiger partial charge in [0.1, 0.15) is 5.82 Å². The summed E-state index contributed by atoms with van der Waals surface area (Å²) in [7, 11) is 0. The van der Waals surface area contributed by atoms with Gasteiger partial charge in [-0.1, -0.05) is 36.4 Å². The molecular weight excluding hydrogens is 339 g/mol. The maximum Gasteiger partial charge on any atom is 0.258 e. The van der Waals surface area contributed by atoms with E-state index in [0.717, 1.165) is 23.4 Å². The first-order chi connectivity index (χ1) is 13.1. The zero-order valence-electron chi connectivity index (χ0n) is 15.1. The van der Waals surface area contributed by atoms with Crippen molar-refractivity contribution in [3.63, 3.8) is 0 Å². The minimum absolute atomic E-state index is 0.0127. The van der Waals surface area contributed by atoms with Crippen molar-refractivity contribution in [2.45, 2.75) is 25.4 Å². The first kappa shape index (κ1) is 17.3. The monoisotopic (exact) mass is 360 g/mol. The molecule has 0 fully saturated rings. The molecule has 0 radical (unpaired) electrons. The lowest BCUT2D eigenvalue weighted by atomic mass is 9.90. The second-order valence-electron chi connectivity index (χ2n) is 6.89. The van der Waals surface area contributed by atoms with Gasteiger partial charge in [-0.05, 0) is 61.4 Å². The Kier molecular flexibility index (Phi) is 4.63. The fourth-order valence-electron chi connectivity index (χ4n) is 3.73. The van der Waals surface area contributed by atoms with Crippen LogP contribution in [0.25, 0.3) is 0 Å². The van der Waals surface area contributed by atoms with Crippen LogP contribution in [0.1, 0.15) is 35.3 Å². The third kappa shape index (κ3) is 3.43. The Morgan fingerprint density at radius 2 is 1.63 bits per heavy atom. The Morgan fingerprint density at radius 1 is 0.963 bits per heavy atom. The van der Waals surface area contributed by atoms with Gasteiger partial charge in [-0.25, -0.2) is 4.39 Å². The third-order valence-corrected chi connectivity index (χ3v) is 5.01. The molecule has 1 aliphatic heterocycles. The minimum Gasteiger partial charge on any atom is -0.378 e. The molecule has 4 rings (SSSR count). The average molecular weight is 360 g/mol. The van der Waals surface area contributed by atoms with E-state index in [2.05, 4.69) is 18.3 Å². The molecule has 0 aromatic heterocycles. The number of para-hydroxylation sites is 2. The summed E-state index contributed by atoms with van der Waals surface area (Å²) >= 11 is 0. The molecule has 2 atom stereocenters. The van der Waals surface area contributed by atoms with Crippen LogP contribution >= 0.6 is 0 Å². The number of nitrogens with one attached hydrogen (secondary N) is 1. The highest BCUT2D eigenvalue weighted by atomic mass is 19.1. The molecule has 0 saturated carbocycles. The topological polar surface area (TPSA) is 32.3 Å². The highest BCUT2D eigenvalue weighted by molar-refractivity contribution is 6.07. The lowest BCUT2D eigenvalue weighted by Gasteiger charge is -2.40. The molecule has 0 unspecified atom stereocenters. The largest absolute Gasteiger partial charge is 0.378 e. The van der Waals surface area contributed by atoms with Crippen molar-refractivity contribution in [3.8, 4) is 0 Å². The molecule has 0 saturated heterocycles. The number of benzene rings is 3.